The lowest BCUT2D eigenvalue weighted by Gasteiger charge is -2.27. The molecule has 1 atom stereocenters. The summed E-state index contributed by atoms with van der Waals surface area (Å²) < 4.78 is 91.9. The molecule has 1 aliphatic heterocycles. The van der Waals surface area contributed by atoms with Crippen molar-refractivity contribution >= 4 is 22.3 Å². The van der Waals surface area contributed by atoms with Crippen LogP contribution in [0.2, 0.25) is 0 Å². The van der Waals surface area contributed by atoms with E-state index in [4.69, 9.17) is 4.74 Å². The largest absolute Gasteiger partial charge is 0.423 e. The second kappa shape index (κ2) is 13.6. The Labute approximate surface area is 250 Å². The normalized spacial score (nSPS) is 14.7. The molecule has 1 fully saturated rings. The van der Waals surface area contributed by atoms with E-state index >= 15 is 4.39 Å². The molecule has 45 heavy (non-hydrogen) atoms. The molecular formula is C28H27F6N7O4. The predicted octanol–water partition coefficient (Wildman–Crippen LogP) is 4.04. The monoisotopic (exact) mass is 639 g/mol. The summed E-state index contributed by atoms with van der Waals surface area (Å²) in [6.07, 6.45) is 0.248. The van der Waals surface area contributed by atoms with Gasteiger partial charge in [0.25, 0.3) is 11.1 Å². The molecule has 1 unspecified atom stereocenters. The average molecular weight is 640 g/mol. The van der Waals surface area contributed by atoms with Gasteiger partial charge in [-0.05, 0) is 36.4 Å². The van der Waals surface area contributed by atoms with E-state index in [0.717, 1.165) is 12.3 Å². The molecule has 0 aliphatic carbocycles. The van der Waals surface area contributed by atoms with Crippen molar-refractivity contribution in [3.8, 4) is 11.3 Å². The van der Waals surface area contributed by atoms with E-state index in [2.05, 4.69) is 25.1 Å². The predicted molar refractivity (Wildman–Crippen MR) is 151 cm³/mol. The minimum Gasteiger partial charge on any atom is -0.378 e. The fraction of sp³-hybridized carbons (Fsp3) is 0.393. The topological polar surface area (TPSA) is 127 Å². The van der Waals surface area contributed by atoms with E-state index in [-0.39, 0.29) is 36.0 Å². The molecule has 3 aromatic heterocycles. The Hall–Kier alpha value is -4.51. The molecule has 1 aliphatic rings. The summed E-state index contributed by atoms with van der Waals surface area (Å²) in [6, 6.07) is 3.09. The number of pyridine rings is 1. The van der Waals surface area contributed by atoms with Crippen LogP contribution in [0.4, 0.5) is 37.8 Å². The Morgan fingerprint density at radius 1 is 1.09 bits per heavy atom. The smallest absolute Gasteiger partial charge is 0.378 e. The Morgan fingerprint density at radius 2 is 1.87 bits per heavy atom. The number of ether oxygens (including phenoxy) is 2. The molecule has 4 aromatic rings. The molecule has 0 amide bonds. The number of morpholine rings is 1. The number of halogens is 6. The van der Waals surface area contributed by atoms with Gasteiger partial charge in [0.2, 0.25) is 0 Å². The minimum absolute atomic E-state index is 0.0270. The maximum absolute atomic E-state index is 15.2. The highest BCUT2D eigenvalue weighted by atomic mass is 19.4. The van der Waals surface area contributed by atoms with Gasteiger partial charge < -0.3 is 24.3 Å². The molecule has 1 saturated heterocycles. The highest BCUT2D eigenvalue weighted by Gasteiger charge is 2.37. The number of aromatic amines is 1. The van der Waals surface area contributed by atoms with Crippen LogP contribution in [0.5, 0.6) is 0 Å². The summed E-state index contributed by atoms with van der Waals surface area (Å²) >= 11 is 0. The highest BCUT2D eigenvalue weighted by Crippen LogP contribution is 2.32. The average Bonchev–Trinajstić information content (AvgIpc) is 3.01. The van der Waals surface area contributed by atoms with Crippen molar-refractivity contribution in [3.63, 3.8) is 0 Å². The van der Waals surface area contributed by atoms with E-state index in [1.54, 1.807) is 17.4 Å². The van der Waals surface area contributed by atoms with Crippen molar-refractivity contribution in [1.82, 2.24) is 24.7 Å². The van der Waals surface area contributed by atoms with Gasteiger partial charge in [-0.25, -0.2) is 14.5 Å². The molecule has 1 aromatic carbocycles. The number of alkyl halides is 5. The van der Waals surface area contributed by atoms with Gasteiger partial charge in [0.1, 0.15) is 17.2 Å². The summed E-state index contributed by atoms with van der Waals surface area (Å²) in [5.41, 5.74) is -3.87. The van der Waals surface area contributed by atoms with E-state index < -0.39 is 53.6 Å². The summed E-state index contributed by atoms with van der Waals surface area (Å²) in [6.45, 7) is -1.39. The van der Waals surface area contributed by atoms with Crippen LogP contribution in [0.3, 0.4) is 0 Å². The first-order valence-electron chi connectivity index (χ1n) is 13.8. The zero-order chi connectivity index (χ0) is 32.1. The second-order valence-electron chi connectivity index (χ2n) is 10.2. The Morgan fingerprint density at radius 3 is 2.56 bits per heavy atom. The molecule has 0 spiro atoms. The first-order valence-corrected chi connectivity index (χ1v) is 13.8. The van der Waals surface area contributed by atoms with Gasteiger partial charge >= 0.3 is 12.8 Å². The van der Waals surface area contributed by atoms with Gasteiger partial charge in [-0.3, -0.25) is 14.6 Å². The molecular weight excluding hydrogens is 612 g/mol. The standard InChI is InChI=1S/C28H27F6N7O4/c29-20-11-18-16(10-19(20)21-12-36-23(14-35-21)40-6-8-44-9-7-40)3-5-41(26(18)43)4-1-2-17(15-45-27(30)31)38-22-13-37-39-25(42)24(22)28(32,33)34/h3,5,10-14,17,27H,1-2,4,6-9,15H2,(H2,38,39,42). The van der Waals surface area contributed by atoms with Crippen molar-refractivity contribution in [1.29, 1.82) is 0 Å². The van der Waals surface area contributed by atoms with Crippen molar-refractivity contribution in [2.24, 2.45) is 0 Å². The minimum atomic E-state index is -5.04. The number of nitrogens with zero attached hydrogens (tertiary/aromatic N) is 5. The van der Waals surface area contributed by atoms with Crippen LogP contribution >= 0.6 is 0 Å². The lowest BCUT2D eigenvalue weighted by molar-refractivity contribution is -0.138. The number of fused-ring (bicyclic) bond motifs is 1. The third-order valence-corrected chi connectivity index (χ3v) is 7.19. The first kappa shape index (κ1) is 31.9. The molecule has 5 rings (SSSR count). The van der Waals surface area contributed by atoms with E-state index in [9.17, 15) is 31.5 Å². The molecule has 240 valence electrons. The van der Waals surface area contributed by atoms with Gasteiger partial charge in [-0.15, -0.1) is 0 Å². The van der Waals surface area contributed by atoms with Crippen molar-refractivity contribution in [3.05, 3.63) is 75.1 Å². The van der Waals surface area contributed by atoms with E-state index in [0.29, 0.717) is 37.5 Å². The lowest BCUT2D eigenvalue weighted by atomic mass is 10.1. The fourth-order valence-corrected chi connectivity index (χ4v) is 5.00. The van der Waals surface area contributed by atoms with Crippen molar-refractivity contribution in [2.75, 3.05) is 43.1 Å². The number of anilines is 2. The molecule has 2 N–H and O–H groups in total. The number of hydrogen-bond donors (Lipinski definition) is 2. The number of nitrogens with one attached hydrogen (secondary N) is 2. The maximum atomic E-state index is 15.2. The summed E-state index contributed by atoms with van der Waals surface area (Å²) in [5.74, 6) is -0.0506. The zero-order valence-corrected chi connectivity index (χ0v) is 23.5. The van der Waals surface area contributed by atoms with Gasteiger partial charge in [0, 0.05) is 37.4 Å². The number of aromatic nitrogens is 5. The maximum Gasteiger partial charge on any atom is 0.423 e. The quantitative estimate of drug-likeness (QED) is 0.234. The van der Waals surface area contributed by atoms with E-state index in [1.807, 2.05) is 4.90 Å². The third-order valence-electron chi connectivity index (χ3n) is 7.19. The molecule has 0 saturated carbocycles. The zero-order valence-electron chi connectivity index (χ0n) is 23.5. The van der Waals surface area contributed by atoms with Gasteiger partial charge in [-0.2, -0.15) is 27.1 Å². The van der Waals surface area contributed by atoms with Crippen molar-refractivity contribution in [2.45, 2.75) is 38.2 Å². The van der Waals surface area contributed by atoms with Crippen LogP contribution in [0.1, 0.15) is 18.4 Å². The fourth-order valence-electron chi connectivity index (χ4n) is 5.00. The molecule has 0 bridgehead atoms. The lowest BCUT2D eigenvalue weighted by Crippen LogP contribution is -2.36. The second-order valence-corrected chi connectivity index (χ2v) is 10.2. The highest BCUT2D eigenvalue weighted by molar-refractivity contribution is 5.86. The first-order chi connectivity index (χ1) is 21.5. The van der Waals surface area contributed by atoms with Crippen LogP contribution in [0.15, 0.2) is 52.6 Å². The molecule has 11 nitrogen and oxygen atoms in total. The number of rotatable bonds is 11. The third kappa shape index (κ3) is 7.59. The van der Waals surface area contributed by atoms with Crippen LogP contribution in [-0.4, -0.2) is 70.3 Å². The summed E-state index contributed by atoms with van der Waals surface area (Å²) in [4.78, 5) is 35.7. The molecule has 17 heteroatoms. The number of benzene rings is 1. The number of H-pyrrole nitrogens is 1. The molecule has 4 heterocycles. The summed E-state index contributed by atoms with van der Waals surface area (Å²) in [5, 5.41) is 7.98. The number of hydrogen-bond acceptors (Lipinski definition) is 9. The Kier molecular flexibility index (Phi) is 9.67. The van der Waals surface area contributed by atoms with Gasteiger partial charge in [0.05, 0.1) is 55.2 Å². The summed E-state index contributed by atoms with van der Waals surface area (Å²) in [7, 11) is 0. The SMILES string of the molecule is O=c1[nH]ncc(NC(CCCn2ccc3cc(-c4cnc(N5CCOCC5)cn4)c(F)cc3c2=O)COC(F)F)c1C(F)(F)F. The number of aryl methyl sites for hydroxylation is 1. The van der Waals surface area contributed by atoms with Gasteiger partial charge in [0.15, 0.2) is 0 Å². The van der Waals surface area contributed by atoms with Crippen LogP contribution in [0.25, 0.3) is 22.0 Å². The van der Waals surface area contributed by atoms with Crippen molar-refractivity contribution < 1.29 is 35.8 Å². The van der Waals surface area contributed by atoms with Crippen LogP contribution in [0, 0.1) is 5.82 Å². The van der Waals surface area contributed by atoms with Crippen LogP contribution in [-0.2, 0) is 22.2 Å². The van der Waals surface area contributed by atoms with E-state index in [1.165, 1.54) is 23.0 Å². The molecule has 0 radical (unpaired) electrons. The van der Waals surface area contributed by atoms with Crippen LogP contribution < -0.4 is 21.3 Å². The Balaban J connectivity index is 1.30. The van der Waals surface area contributed by atoms with Gasteiger partial charge in [-0.1, -0.05) is 0 Å². The Bertz CT molecular complexity index is 1740.